The molecule has 0 saturated heterocycles. The minimum atomic E-state index is -0.203. The fourth-order valence-electron chi connectivity index (χ4n) is 0.819. The number of hydrogen-bond donors (Lipinski definition) is 2. The molecule has 66 valence electrons. The van der Waals surface area contributed by atoms with Crippen LogP contribution in [0.2, 0.25) is 0 Å². The number of nitrogens with zero attached hydrogens (tertiary/aromatic N) is 1. The third-order valence-corrected chi connectivity index (χ3v) is 3.16. The van der Waals surface area contributed by atoms with E-state index in [1.807, 2.05) is 12.1 Å². The molecule has 0 radical (unpaired) electrons. The van der Waals surface area contributed by atoms with Crippen molar-refractivity contribution >= 4 is 33.5 Å². The summed E-state index contributed by atoms with van der Waals surface area (Å²) in [5.74, 6) is -0.203. The number of halogens is 1. The highest BCUT2D eigenvalue weighted by molar-refractivity contribution is 9.11. The maximum absolute atomic E-state index is 8.91. The van der Waals surface area contributed by atoms with Gasteiger partial charge in [-0.15, -0.1) is 16.5 Å². The molecule has 0 fully saturated rings. The maximum atomic E-state index is 8.91. The SMILES string of the molecule is OCC(C=NO)c1ccc(Br)s1. The van der Waals surface area contributed by atoms with Crippen LogP contribution in [-0.2, 0) is 0 Å². The van der Waals surface area contributed by atoms with Crippen LogP contribution in [0.3, 0.4) is 0 Å². The maximum Gasteiger partial charge on any atom is 0.0701 e. The molecule has 0 saturated carbocycles. The van der Waals surface area contributed by atoms with Crippen molar-refractivity contribution in [2.75, 3.05) is 6.61 Å². The average molecular weight is 250 g/mol. The van der Waals surface area contributed by atoms with Gasteiger partial charge in [-0.1, -0.05) is 0 Å². The first-order valence-electron chi connectivity index (χ1n) is 3.31. The quantitative estimate of drug-likeness (QED) is 0.490. The third kappa shape index (κ3) is 2.30. The Morgan fingerprint density at radius 3 is 2.83 bits per heavy atom. The lowest BCUT2D eigenvalue weighted by atomic mass is 10.1. The number of hydrogen-bond acceptors (Lipinski definition) is 4. The van der Waals surface area contributed by atoms with Crippen molar-refractivity contribution in [3.63, 3.8) is 0 Å². The summed E-state index contributed by atoms with van der Waals surface area (Å²) in [4.78, 5) is 0.974. The molecule has 3 nitrogen and oxygen atoms in total. The predicted molar refractivity (Wildman–Crippen MR) is 52.1 cm³/mol. The van der Waals surface area contributed by atoms with Gasteiger partial charge in [0.05, 0.1) is 22.5 Å². The van der Waals surface area contributed by atoms with Gasteiger partial charge in [0.2, 0.25) is 0 Å². The van der Waals surface area contributed by atoms with Crippen LogP contribution < -0.4 is 0 Å². The molecular weight excluding hydrogens is 242 g/mol. The van der Waals surface area contributed by atoms with E-state index in [1.54, 1.807) is 0 Å². The molecule has 12 heavy (non-hydrogen) atoms. The van der Waals surface area contributed by atoms with E-state index in [9.17, 15) is 0 Å². The van der Waals surface area contributed by atoms with Gasteiger partial charge >= 0.3 is 0 Å². The Balaban J connectivity index is 2.79. The topological polar surface area (TPSA) is 52.8 Å². The first-order valence-corrected chi connectivity index (χ1v) is 4.92. The van der Waals surface area contributed by atoms with Crippen molar-refractivity contribution in [2.45, 2.75) is 5.92 Å². The van der Waals surface area contributed by atoms with Gasteiger partial charge in [-0.2, -0.15) is 0 Å². The number of thiophene rings is 1. The van der Waals surface area contributed by atoms with Crippen molar-refractivity contribution < 1.29 is 10.3 Å². The van der Waals surface area contributed by atoms with Crippen molar-refractivity contribution in [3.05, 3.63) is 20.8 Å². The molecule has 0 amide bonds. The second-order valence-corrected chi connectivity index (χ2v) is 4.69. The van der Waals surface area contributed by atoms with Crippen LogP contribution in [0.15, 0.2) is 21.1 Å². The minimum Gasteiger partial charge on any atom is -0.411 e. The summed E-state index contributed by atoms with van der Waals surface area (Å²) < 4.78 is 1.00. The number of rotatable bonds is 3. The van der Waals surface area contributed by atoms with E-state index in [1.165, 1.54) is 17.6 Å². The summed E-state index contributed by atoms with van der Waals surface area (Å²) in [5.41, 5.74) is 0. The summed E-state index contributed by atoms with van der Waals surface area (Å²) in [5, 5.41) is 20.1. The number of aliphatic hydroxyl groups is 1. The molecule has 0 spiro atoms. The van der Waals surface area contributed by atoms with Gasteiger partial charge in [-0.05, 0) is 28.1 Å². The highest BCUT2D eigenvalue weighted by atomic mass is 79.9. The summed E-state index contributed by atoms with van der Waals surface area (Å²) in [6.07, 6.45) is 1.32. The summed E-state index contributed by atoms with van der Waals surface area (Å²) in [6, 6.07) is 3.78. The van der Waals surface area contributed by atoms with E-state index in [4.69, 9.17) is 10.3 Å². The zero-order valence-electron chi connectivity index (χ0n) is 6.14. The van der Waals surface area contributed by atoms with Crippen LogP contribution in [0.1, 0.15) is 10.8 Å². The second kappa shape index (κ2) is 4.59. The van der Waals surface area contributed by atoms with Crippen molar-refractivity contribution in [3.8, 4) is 0 Å². The highest BCUT2D eigenvalue weighted by Crippen LogP contribution is 2.27. The van der Waals surface area contributed by atoms with Crippen LogP contribution in [0.5, 0.6) is 0 Å². The standard InChI is InChI=1S/C7H8BrNO2S/c8-7-2-1-6(12-7)5(4-10)3-9-11/h1-3,5,10-11H,4H2. The molecule has 1 atom stereocenters. The Hall–Kier alpha value is -0.390. The monoisotopic (exact) mass is 249 g/mol. The molecule has 5 heteroatoms. The Morgan fingerprint density at radius 2 is 2.42 bits per heavy atom. The highest BCUT2D eigenvalue weighted by Gasteiger charge is 2.09. The lowest BCUT2D eigenvalue weighted by Gasteiger charge is -2.02. The summed E-state index contributed by atoms with van der Waals surface area (Å²) in [7, 11) is 0. The van der Waals surface area contributed by atoms with E-state index < -0.39 is 0 Å². The average Bonchev–Trinajstić information content (AvgIpc) is 2.47. The van der Waals surface area contributed by atoms with Crippen molar-refractivity contribution in [1.82, 2.24) is 0 Å². The van der Waals surface area contributed by atoms with E-state index >= 15 is 0 Å². The molecular formula is C7H8BrNO2S. The largest absolute Gasteiger partial charge is 0.411 e. The molecule has 1 heterocycles. The molecule has 0 aliphatic rings. The number of aliphatic hydroxyl groups excluding tert-OH is 1. The third-order valence-electron chi connectivity index (χ3n) is 1.40. The van der Waals surface area contributed by atoms with Crippen LogP contribution in [-0.4, -0.2) is 23.1 Å². The Bertz CT molecular complexity index is 274. The molecule has 1 aromatic heterocycles. The predicted octanol–water partition coefficient (Wildman–Crippen LogP) is 2.05. The summed E-state index contributed by atoms with van der Waals surface area (Å²) >= 11 is 4.83. The Labute approximate surface area is 82.5 Å². The molecule has 2 N–H and O–H groups in total. The van der Waals surface area contributed by atoms with Crippen molar-refractivity contribution in [1.29, 1.82) is 0 Å². The Kier molecular flexibility index (Phi) is 3.71. The molecule has 0 aliphatic carbocycles. The second-order valence-electron chi connectivity index (χ2n) is 2.20. The lowest BCUT2D eigenvalue weighted by Crippen LogP contribution is -2.02. The van der Waals surface area contributed by atoms with Crippen LogP contribution in [0, 0.1) is 0 Å². The zero-order chi connectivity index (χ0) is 8.97. The van der Waals surface area contributed by atoms with Gasteiger partial charge in [0.15, 0.2) is 0 Å². The molecule has 1 aromatic rings. The molecule has 0 aliphatic heterocycles. The van der Waals surface area contributed by atoms with Crippen molar-refractivity contribution in [2.24, 2.45) is 5.16 Å². The van der Waals surface area contributed by atoms with Crippen LogP contribution in [0.25, 0.3) is 0 Å². The summed E-state index contributed by atoms with van der Waals surface area (Å²) in [6.45, 7) is -0.0446. The van der Waals surface area contributed by atoms with E-state index in [-0.39, 0.29) is 12.5 Å². The first-order chi connectivity index (χ1) is 5.77. The fourth-order valence-corrected chi connectivity index (χ4v) is 2.30. The van der Waals surface area contributed by atoms with Gasteiger partial charge in [0.25, 0.3) is 0 Å². The van der Waals surface area contributed by atoms with Gasteiger partial charge in [-0.25, -0.2) is 0 Å². The zero-order valence-corrected chi connectivity index (χ0v) is 8.55. The molecule has 1 unspecified atom stereocenters. The number of oxime groups is 1. The molecule has 1 rings (SSSR count). The normalized spacial score (nSPS) is 13.8. The minimum absolute atomic E-state index is 0.0446. The molecule has 0 aromatic carbocycles. The fraction of sp³-hybridized carbons (Fsp3) is 0.286. The van der Waals surface area contributed by atoms with Gasteiger partial charge < -0.3 is 10.3 Å². The van der Waals surface area contributed by atoms with Gasteiger partial charge in [0.1, 0.15) is 0 Å². The lowest BCUT2D eigenvalue weighted by molar-refractivity contribution is 0.284. The van der Waals surface area contributed by atoms with E-state index in [2.05, 4.69) is 21.1 Å². The Morgan fingerprint density at radius 1 is 1.67 bits per heavy atom. The smallest absolute Gasteiger partial charge is 0.0701 e. The van der Waals surface area contributed by atoms with E-state index in [0.717, 1.165) is 8.66 Å². The van der Waals surface area contributed by atoms with Gasteiger partial charge in [0, 0.05) is 4.88 Å². The first kappa shape index (κ1) is 9.70. The van der Waals surface area contributed by atoms with Crippen LogP contribution in [0.4, 0.5) is 0 Å². The van der Waals surface area contributed by atoms with Crippen LogP contribution >= 0.6 is 27.3 Å². The van der Waals surface area contributed by atoms with Gasteiger partial charge in [-0.3, -0.25) is 0 Å². The molecule has 0 bridgehead atoms. The van der Waals surface area contributed by atoms with E-state index in [0.29, 0.717) is 0 Å².